The first-order valence-corrected chi connectivity index (χ1v) is 8.24. The van der Waals surface area contributed by atoms with Gasteiger partial charge < -0.3 is 4.90 Å². The highest BCUT2D eigenvalue weighted by molar-refractivity contribution is 9.10. The van der Waals surface area contributed by atoms with Crippen LogP contribution in [0.2, 0.25) is 0 Å². The predicted octanol–water partition coefficient (Wildman–Crippen LogP) is 4.47. The number of aromatic nitrogens is 1. The van der Waals surface area contributed by atoms with E-state index in [1.54, 1.807) is 30.8 Å². The summed E-state index contributed by atoms with van der Waals surface area (Å²) in [6.07, 6.45) is 0. The molecule has 0 unspecified atom stereocenters. The van der Waals surface area contributed by atoms with Crippen LogP contribution in [0.5, 0.6) is 0 Å². The molecular formula is C16H12BrFN2OS. The molecule has 0 spiro atoms. The summed E-state index contributed by atoms with van der Waals surface area (Å²) in [6.45, 7) is 0.213. The second-order valence-corrected chi connectivity index (χ2v) is 6.73. The van der Waals surface area contributed by atoms with Gasteiger partial charge in [-0.1, -0.05) is 15.9 Å². The molecule has 2 aromatic carbocycles. The lowest BCUT2D eigenvalue weighted by atomic mass is 10.1. The van der Waals surface area contributed by atoms with Crippen molar-refractivity contribution < 1.29 is 9.18 Å². The molecule has 6 heteroatoms. The average Bonchev–Trinajstić information content (AvgIpc) is 2.97. The van der Waals surface area contributed by atoms with Crippen LogP contribution < -0.4 is 0 Å². The van der Waals surface area contributed by atoms with Gasteiger partial charge in [-0.2, -0.15) is 0 Å². The molecule has 0 radical (unpaired) electrons. The zero-order chi connectivity index (χ0) is 15.7. The number of carbonyl (C=O) groups excluding carboxylic acids is 1. The van der Waals surface area contributed by atoms with Gasteiger partial charge in [0.15, 0.2) is 0 Å². The summed E-state index contributed by atoms with van der Waals surface area (Å²) in [4.78, 5) is 18.2. The minimum absolute atomic E-state index is 0.144. The van der Waals surface area contributed by atoms with Gasteiger partial charge in [-0.15, -0.1) is 11.3 Å². The minimum atomic E-state index is -0.319. The Morgan fingerprint density at radius 1 is 1.32 bits per heavy atom. The molecule has 0 aliphatic carbocycles. The van der Waals surface area contributed by atoms with Crippen LogP contribution in [0.3, 0.4) is 0 Å². The highest BCUT2D eigenvalue weighted by atomic mass is 79.9. The van der Waals surface area contributed by atoms with Gasteiger partial charge in [0.05, 0.1) is 15.7 Å². The van der Waals surface area contributed by atoms with Crippen LogP contribution in [0.25, 0.3) is 10.2 Å². The van der Waals surface area contributed by atoms with Crippen LogP contribution in [0, 0.1) is 5.82 Å². The summed E-state index contributed by atoms with van der Waals surface area (Å²) in [7, 11) is 1.67. The average molecular weight is 379 g/mol. The second-order valence-electron chi connectivity index (χ2n) is 4.93. The van der Waals surface area contributed by atoms with Crippen molar-refractivity contribution in [3.8, 4) is 0 Å². The van der Waals surface area contributed by atoms with E-state index < -0.39 is 0 Å². The third kappa shape index (κ3) is 3.03. The summed E-state index contributed by atoms with van der Waals surface area (Å²) in [5.41, 5.74) is 3.68. The van der Waals surface area contributed by atoms with E-state index in [2.05, 4.69) is 20.9 Å². The van der Waals surface area contributed by atoms with Crippen molar-refractivity contribution in [3.63, 3.8) is 0 Å². The molecule has 0 saturated carbocycles. The first kappa shape index (κ1) is 15.1. The molecule has 3 rings (SSSR count). The second kappa shape index (κ2) is 6.14. The number of nitrogens with zero attached hydrogens (tertiary/aromatic N) is 2. The summed E-state index contributed by atoms with van der Waals surface area (Å²) in [6, 6.07) is 10.1. The van der Waals surface area contributed by atoms with Crippen molar-refractivity contribution >= 4 is 43.4 Å². The Morgan fingerprint density at radius 3 is 2.95 bits per heavy atom. The van der Waals surface area contributed by atoms with Crippen LogP contribution in [-0.4, -0.2) is 22.8 Å². The highest BCUT2D eigenvalue weighted by Gasteiger charge is 2.15. The maximum Gasteiger partial charge on any atom is 0.253 e. The van der Waals surface area contributed by atoms with Gasteiger partial charge in [0.1, 0.15) is 5.82 Å². The normalized spacial score (nSPS) is 10.9. The van der Waals surface area contributed by atoms with Gasteiger partial charge in [0.2, 0.25) is 0 Å². The van der Waals surface area contributed by atoms with E-state index in [1.165, 1.54) is 22.3 Å². The zero-order valence-electron chi connectivity index (χ0n) is 11.7. The number of hydrogen-bond donors (Lipinski definition) is 0. The Kier molecular flexibility index (Phi) is 4.22. The molecule has 0 atom stereocenters. The summed E-state index contributed by atoms with van der Waals surface area (Å²) >= 11 is 4.81. The Hall–Kier alpha value is -1.79. The molecule has 112 valence electrons. The molecular weight excluding hydrogens is 367 g/mol. The van der Waals surface area contributed by atoms with Gasteiger partial charge in [-0.25, -0.2) is 9.37 Å². The number of thiazole rings is 1. The SMILES string of the molecule is CN(Cc1cc(Br)ccc1F)C(=O)c1ccc2ncsc2c1. The van der Waals surface area contributed by atoms with Crippen LogP contribution in [0.4, 0.5) is 4.39 Å². The van der Waals surface area contributed by atoms with Gasteiger partial charge in [-0.3, -0.25) is 4.79 Å². The molecule has 3 nitrogen and oxygen atoms in total. The van der Waals surface area contributed by atoms with Crippen molar-refractivity contribution in [1.82, 2.24) is 9.88 Å². The maximum absolute atomic E-state index is 13.8. The lowest BCUT2D eigenvalue weighted by Crippen LogP contribution is -2.26. The zero-order valence-corrected chi connectivity index (χ0v) is 14.1. The lowest BCUT2D eigenvalue weighted by Gasteiger charge is -2.18. The summed E-state index contributed by atoms with van der Waals surface area (Å²) in [5.74, 6) is -0.463. The van der Waals surface area contributed by atoms with E-state index in [-0.39, 0.29) is 18.3 Å². The molecule has 0 aliphatic heterocycles. The standard InChI is InChI=1S/C16H12BrFN2OS/c1-20(8-11-6-12(17)3-4-13(11)18)16(21)10-2-5-14-15(7-10)22-9-19-14/h2-7,9H,8H2,1H3. The number of carbonyl (C=O) groups is 1. The Labute approximate surface area is 139 Å². The molecule has 0 N–H and O–H groups in total. The Balaban J connectivity index is 1.83. The number of amides is 1. The third-order valence-corrected chi connectivity index (χ3v) is 4.63. The van der Waals surface area contributed by atoms with Crippen molar-refractivity contribution in [3.05, 3.63) is 63.3 Å². The van der Waals surface area contributed by atoms with E-state index >= 15 is 0 Å². The number of hydrogen-bond acceptors (Lipinski definition) is 3. The van der Waals surface area contributed by atoms with Crippen molar-refractivity contribution in [1.29, 1.82) is 0 Å². The summed E-state index contributed by atoms with van der Waals surface area (Å²) in [5, 5.41) is 0. The summed E-state index contributed by atoms with van der Waals surface area (Å²) < 4.78 is 15.6. The van der Waals surface area contributed by atoms with E-state index in [0.29, 0.717) is 11.1 Å². The van der Waals surface area contributed by atoms with Gasteiger partial charge in [0, 0.05) is 29.2 Å². The fraction of sp³-hybridized carbons (Fsp3) is 0.125. The van der Waals surface area contributed by atoms with Crippen LogP contribution in [0.1, 0.15) is 15.9 Å². The molecule has 3 aromatic rings. The number of fused-ring (bicyclic) bond motifs is 1. The topological polar surface area (TPSA) is 33.2 Å². The molecule has 0 bridgehead atoms. The van der Waals surface area contributed by atoms with Gasteiger partial charge >= 0.3 is 0 Å². The quantitative estimate of drug-likeness (QED) is 0.673. The van der Waals surface area contributed by atoms with E-state index in [4.69, 9.17) is 0 Å². The van der Waals surface area contributed by atoms with Crippen LogP contribution >= 0.6 is 27.3 Å². The largest absolute Gasteiger partial charge is 0.337 e. The lowest BCUT2D eigenvalue weighted by molar-refractivity contribution is 0.0784. The van der Waals surface area contributed by atoms with Crippen LogP contribution in [0.15, 0.2) is 46.4 Å². The molecule has 0 saturated heterocycles. The maximum atomic E-state index is 13.8. The number of halogens is 2. The molecule has 1 heterocycles. The molecule has 1 aromatic heterocycles. The molecule has 22 heavy (non-hydrogen) atoms. The van der Waals surface area contributed by atoms with Crippen LogP contribution in [-0.2, 0) is 6.54 Å². The van der Waals surface area contributed by atoms with E-state index in [9.17, 15) is 9.18 Å². The van der Waals surface area contributed by atoms with Gasteiger partial charge in [-0.05, 0) is 36.4 Å². The predicted molar refractivity (Wildman–Crippen MR) is 89.5 cm³/mol. The highest BCUT2D eigenvalue weighted by Crippen LogP contribution is 2.21. The van der Waals surface area contributed by atoms with Crippen molar-refractivity contribution in [2.75, 3.05) is 7.05 Å². The third-order valence-electron chi connectivity index (χ3n) is 3.34. The van der Waals surface area contributed by atoms with E-state index in [1.807, 2.05) is 12.1 Å². The smallest absolute Gasteiger partial charge is 0.253 e. The molecule has 1 amide bonds. The van der Waals surface area contributed by atoms with E-state index in [0.717, 1.165) is 14.7 Å². The first-order chi connectivity index (χ1) is 10.5. The first-order valence-electron chi connectivity index (χ1n) is 6.57. The molecule has 0 aliphatic rings. The fourth-order valence-electron chi connectivity index (χ4n) is 2.20. The Morgan fingerprint density at radius 2 is 2.14 bits per heavy atom. The fourth-order valence-corrected chi connectivity index (χ4v) is 3.33. The van der Waals surface area contributed by atoms with Crippen molar-refractivity contribution in [2.24, 2.45) is 0 Å². The number of rotatable bonds is 3. The van der Waals surface area contributed by atoms with Gasteiger partial charge in [0.25, 0.3) is 5.91 Å². The molecule has 0 fully saturated rings. The number of benzene rings is 2. The van der Waals surface area contributed by atoms with Crippen molar-refractivity contribution in [2.45, 2.75) is 6.54 Å². The monoisotopic (exact) mass is 378 g/mol. The minimum Gasteiger partial charge on any atom is -0.337 e. The Bertz CT molecular complexity index is 849.